The molecule has 0 spiro atoms. The third-order valence-electron chi connectivity index (χ3n) is 2.32. The summed E-state index contributed by atoms with van der Waals surface area (Å²) < 4.78 is 4.85. The van der Waals surface area contributed by atoms with Gasteiger partial charge in [0.25, 0.3) is 5.91 Å². The Hall–Kier alpha value is -2.18. The van der Waals surface area contributed by atoms with Gasteiger partial charge in [-0.3, -0.25) is 9.78 Å². The zero-order chi connectivity index (χ0) is 15.2. The lowest BCUT2D eigenvalue weighted by Crippen LogP contribution is -2.21. The van der Waals surface area contributed by atoms with Crippen LogP contribution in [-0.2, 0) is 9.53 Å². The first kappa shape index (κ1) is 15.2. The average Bonchev–Trinajstić information content (AvgIpc) is 2.48. The molecule has 21 heavy (non-hydrogen) atoms. The van der Waals surface area contributed by atoms with E-state index < -0.39 is 18.5 Å². The number of pyridine rings is 2. The van der Waals surface area contributed by atoms with Gasteiger partial charge < -0.3 is 10.1 Å². The molecule has 2 aromatic heterocycles. The number of hydrogen-bond acceptors (Lipinski definition) is 5. The van der Waals surface area contributed by atoms with Crippen LogP contribution in [0.5, 0.6) is 0 Å². The van der Waals surface area contributed by atoms with Crippen LogP contribution in [0.25, 0.3) is 0 Å². The monoisotopic (exact) mass is 325 g/mol. The third kappa shape index (κ3) is 4.40. The summed E-state index contributed by atoms with van der Waals surface area (Å²) in [5.74, 6) is -1.04. The van der Waals surface area contributed by atoms with Crippen LogP contribution in [0.4, 0.5) is 5.82 Å². The predicted molar refractivity (Wildman–Crippen MR) is 77.4 cm³/mol. The van der Waals surface area contributed by atoms with E-state index in [4.69, 9.17) is 27.9 Å². The van der Waals surface area contributed by atoms with Crippen LogP contribution in [0, 0.1) is 0 Å². The smallest absolute Gasteiger partial charge is 0.338 e. The number of aromatic nitrogens is 2. The van der Waals surface area contributed by atoms with Gasteiger partial charge in [-0.1, -0.05) is 23.2 Å². The van der Waals surface area contributed by atoms with Crippen molar-refractivity contribution in [3.8, 4) is 0 Å². The van der Waals surface area contributed by atoms with Crippen LogP contribution < -0.4 is 5.32 Å². The number of nitrogens with zero attached hydrogens (tertiary/aromatic N) is 2. The second-order valence-corrected chi connectivity index (χ2v) is 4.69. The zero-order valence-corrected chi connectivity index (χ0v) is 12.1. The van der Waals surface area contributed by atoms with Gasteiger partial charge in [-0.15, -0.1) is 0 Å². The van der Waals surface area contributed by atoms with Gasteiger partial charge in [-0.25, -0.2) is 9.78 Å². The summed E-state index contributed by atoms with van der Waals surface area (Å²) in [5, 5.41) is 2.95. The molecule has 0 unspecified atom stereocenters. The molecular weight excluding hydrogens is 317 g/mol. The highest BCUT2D eigenvalue weighted by Crippen LogP contribution is 2.22. The Morgan fingerprint density at radius 3 is 2.62 bits per heavy atom. The van der Waals surface area contributed by atoms with E-state index in [1.54, 1.807) is 0 Å². The van der Waals surface area contributed by atoms with Gasteiger partial charge in [0.2, 0.25) is 0 Å². The van der Waals surface area contributed by atoms with Crippen molar-refractivity contribution in [1.29, 1.82) is 0 Å². The quantitative estimate of drug-likeness (QED) is 0.874. The number of ether oxygens (including phenoxy) is 1. The molecule has 0 aliphatic rings. The van der Waals surface area contributed by atoms with Crippen LogP contribution in [0.3, 0.4) is 0 Å². The Kier molecular flexibility index (Phi) is 5.08. The van der Waals surface area contributed by atoms with E-state index in [2.05, 4.69) is 15.3 Å². The van der Waals surface area contributed by atoms with Gasteiger partial charge in [0, 0.05) is 18.6 Å². The number of rotatable bonds is 4. The van der Waals surface area contributed by atoms with Crippen molar-refractivity contribution >= 4 is 40.9 Å². The predicted octanol–water partition coefficient (Wildman–Crippen LogP) is 2.58. The van der Waals surface area contributed by atoms with E-state index in [1.165, 1.54) is 36.8 Å². The summed E-state index contributed by atoms with van der Waals surface area (Å²) in [4.78, 5) is 30.9. The van der Waals surface area contributed by atoms with Crippen LogP contribution in [0.15, 0.2) is 36.8 Å². The Morgan fingerprint density at radius 1 is 1.24 bits per heavy atom. The van der Waals surface area contributed by atoms with Crippen LogP contribution >= 0.6 is 23.2 Å². The highest BCUT2D eigenvalue weighted by atomic mass is 35.5. The number of nitrogens with one attached hydrogen (secondary N) is 1. The molecular formula is C13H9Cl2N3O3. The Bertz CT molecular complexity index is 665. The molecule has 0 saturated heterocycles. The van der Waals surface area contributed by atoms with Gasteiger partial charge in [-0.2, -0.15) is 0 Å². The largest absolute Gasteiger partial charge is 0.452 e. The first-order chi connectivity index (χ1) is 10.1. The zero-order valence-electron chi connectivity index (χ0n) is 10.5. The first-order valence-electron chi connectivity index (χ1n) is 5.74. The minimum absolute atomic E-state index is 0.144. The lowest BCUT2D eigenvalue weighted by Gasteiger charge is -2.07. The summed E-state index contributed by atoms with van der Waals surface area (Å²) in [6, 6.07) is 4.41. The van der Waals surface area contributed by atoms with Crippen LogP contribution in [0.2, 0.25) is 10.0 Å². The number of esters is 1. The standard InChI is InChI=1S/C13H9Cl2N3O3/c14-9-5-10(15)12(17-6-9)18-11(19)7-21-13(20)8-1-3-16-4-2-8/h1-6H,7H2,(H,17,18,19). The number of amides is 1. The van der Waals surface area contributed by atoms with E-state index in [1.807, 2.05) is 0 Å². The van der Waals surface area contributed by atoms with E-state index in [0.29, 0.717) is 10.6 Å². The molecule has 1 N–H and O–H groups in total. The number of carbonyl (C=O) groups excluding carboxylic acids is 2. The second-order valence-electron chi connectivity index (χ2n) is 3.84. The molecule has 0 saturated carbocycles. The summed E-state index contributed by atoms with van der Waals surface area (Å²) in [5.41, 5.74) is 0.306. The van der Waals surface area contributed by atoms with E-state index in [9.17, 15) is 9.59 Å². The fourth-order valence-corrected chi connectivity index (χ4v) is 1.80. The number of hydrogen-bond donors (Lipinski definition) is 1. The summed E-state index contributed by atoms with van der Waals surface area (Å²) in [6.07, 6.45) is 4.24. The van der Waals surface area contributed by atoms with Gasteiger partial charge in [-0.05, 0) is 18.2 Å². The van der Waals surface area contributed by atoms with Gasteiger partial charge >= 0.3 is 5.97 Å². The molecule has 0 aliphatic heterocycles. The Morgan fingerprint density at radius 2 is 1.95 bits per heavy atom. The topological polar surface area (TPSA) is 81.2 Å². The molecule has 108 valence electrons. The molecule has 1 amide bonds. The molecule has 2 heterocycles. The van der Waals surface area contributed by atoms with Crippen molar-refractivity contribution in [3.63, 3.8) is 0 Å². The Labute approximate surface area is 130 Å². The summed E-state index contributed by atoms with van der Waals surface area (Å²) >= 11 is 11.5. The SMILES string of the molecule is O=C(COC(=O)c1ccncc1)Nc1ncc(Cl)cc1Cl. The number of halogens is 2. The van der Waals surface area contributed by atoms with Gasteiger partial charge in [0.05, 0.1) is 15.6 Å². The summed E-state index contributed by atoms with van der Waals surface area (Å²) in [7, 11) is 0. The summed E-state index contributed by atoms with van der Waals surface area (Å²) in [6.45, 7) is -0.457. The lowest BCUT2D eigenvalue weighted by molar-refractivity contribution is -0.119. The van der Waals surface area contributed by atoms with Crippen molar-refractivity contribution in [1.82, 2.24) is 9.97 Å². The maximum absolute atomic E-state index is 11.7. The third-order valence-corrected chi connectivity index (χ3v) is 2.81. The van der Waals surface area contributed by atoms with Gasteiger partial charge in [0.15, 0.2) is 12.4 Å². The molecule has 6 nitrogen and oxygen atoms in total. The molecule has 2 rings (SSSR count). The fourth-order valence-electron chi connectivity index (χ4n) is 1.38. The molecule has 0 fully saturated rings. The van der Waals surface area contributed by atoms with Crippen molar-refractivity contribution in [3.05, 3.63) is 52.4 Å². The average molecular weight is 326 g/mol. The van der Waals surface area contributed by atoms with Crippen molar-refractivity contribution < 1.29 is 14.3 Å². The first-order valence-corrected chi connectivity index (χ1v) is 6.50. The Balaban J connectivity index is 1.89. The number of carbonyl (C=O) groups is 2. The van der Waals surface area contributed by atoms with E-state index >= 15 is 0 Å². The normalized spacial score (nSPS) is 10.0. The van der Waals surface area contributed by atoms with Crippen molar-refractivity contribution in [2.24, 2.45) is 0 Å². The van der Waals surface area contributed by atoms with Crippen LogP contribution in [-0.4, -0.2) is 28.5 Å². The van der Waals surface area contributed by atoms with E-state index in [0.717, 1.165) is 0 Å². The number of anilines is 1. The molecule has 0 aliphatic carbocycles. The second kappa shape index (κ2) is 7.01. The molecule has 0 aromatic carbocycles. The molecule has 0 radical (unpaired) electrons. The maximum atomic E-state index is 11.7. The van der Waals surface area contributed by atoms with Crippen LogP contribution in [0.1, 0.15) is 10.4 Å². The van der Waals surface area contributed by atoms with E-state index in [-0.39, 0.29) is 10.8 Å². The van der Waals surface area contributed by atoms with Gasteiger partial charge in [0.1, 0.15) is 0 Å². The lowest BCUT2D eigenvalue weighted by atomic mass is 10.3. The molecule has 0 bridgehead atoms. The minimum Gasteiger partial charge on any atom is -0.452 e. The van der Waals surface area contributed by atoms with Crippen molar-refractivity contribution in [2.45, 2.75) is 0 Å². The molecule has 0 atom stereocenters. The molecule has 8 heteroatoms. The highest BCUT2D eigenvalue weighted by Gasteiger charge is 2.12. The van der Waals surface area contributed by atoms with Crippen molar-refractivity contribution in [2.75, 3.05) is 11.9 Å². The maximum Gasteiger partial charge on any atom is 0.338 e. The molecule has 2 aromatic rings. The fraction of sp³-hybridized carbons (Fsp3) is 0.0769. The minimum atomic E-state index is -0.622. The highest BCUT2D eigenvalue weighted by molar-refractivity contribution is 6.36.